The van der Waals surface area contributed by atoms with Crippen LogP contribution in [0.25, 0.3) is 0 Å². The first-order valence-corrected chi connectivity index (χ1v) is 7.18. The van der Waals surface area contributed by atoms with E-state index in [1.54, 1.807) is 0 Å². The molecule has 3 N–H and O–H groups in total. The predicted octanol–water partition coefficient (Wildman–Crippen LogP) is 2.22. The maximum absolute atomic E-state index is 5.77. The molecule has 21 heavy (non-hydrogen) atoms. The van der Waals surface area contributed by atoms with E-state index in [0.29, 0.717) is 18.4 Å². The zero-order chi connectivity index (χ0) is 15.2. The Bertz CT molecular complexity index is 577. The van der Waals surface area contributed by atoms with Crippen molar-refractivity contribution < 1.29 is 0 Å². The Balaban J connectivity index is 2.10. The van der Waals surface area contributed by atoms with Crippen LogP contribution < -0.4 is 16.0 Å². The summed E-state index contributed by atoms with van der Waals surface area (Å²) >= 11 is 0. The van der Waals surface area contributed by atoms with Gasteiger partial charge in [0.1, 0.15) is 0 Å². The maximum Gasteiger partial charge on any atom is 0.231 e. The van der Waals surface area contributed by atoms with Gasteiger partial charge in [-0.2, -0.15) is 15.0 Å². The van der Waals surface area contributed by atoms with E-state index >= 15 is 0 Å². The van der Waals surface area contributed by atoms with Crippen molar-refractivity contribution in [2.75, 3.05) is 29.0 Å². The van der Waals surface area contributed by atoms with Gasteiger partial charge in [-0.3, -0.25) is 0 Å². The summed E-state index contributed by atoms with van der Waals surface area (Å²) in [5.74, 6) is 1.35. The van der Waals surface area contributed by atoms with E-state index in [1.165, 1.54) is 11.1 Å². The molecule has 0 unspecified atom stereocenters. The first-order chi connectivity index (χ1) is 10.1. The number of nitrogens with zero attached hydrogens (tertiary/aromatic N) is 4. The average Bonchev–Trinajstić information content (AvgIpc) is 2.47. The van der Waals surface area contributed by atoms with Crippen molar-refractivity contribution in [3.05, 3.63) is 35.4 Å². The number of rotatable bonds is 6. The van der Waals surface area contributed by atoms with Crippen molar-refractivity contribution in [2.45, 2.75) is 27.3 Å². The molecule has 0 bridgehead atoms. The van der Waals surface area contributed by atoms with Gasteiger partial charge in [0.05, 0.1) is 0 Å². The lowest BCUT2D eigenvalue weighted by Crippen LogP contribution is -2.25. The molecular formula is C15H22N6. The molecule has 1 heterocycles. The minimum absolute atomic E-state index is 0.235. The SMILES string of the molecule is CCN(CC)c1nc(N)nc(NCc2ccc(C)cc2)n1. The smallest absolute Gasteiger partial charge is 0.231 e. The number of nitrogens with two attached hydrogens (primary N) is 1. The van der Waals surface area contributed by atoms with Gasteiger partial charge < -0.3 is 16.0 Å². The van der Waals surface area contributed by atoms with Crippen LogP contribution in [0.15, 0.2) is 24.3 Å². The third-order valence-electron chi connectivity index (χ3n) is 3.26. The predicted molar refractivity (Wildman–Crippen MR) is 86.3 cm³/mol. The van der Waals surface area contributed by atoms with E-state index in [1.807, 2.05) is 4.90 Å². The Hall–Kier alpha value is -2.37. The van der Waals surface area contributed by atoms with Crippen LogP contribution in [-0.4, -0.2) is 28.0 Å². The second kappa shape index (κ2) is 6.88. The third-order valence-corrected chi connectivity index (χ3v) is 3.26. The van der Waals surface area contributed by atoms with Gasteiger partial charge in [-0.15, -0.1) is 0 Å². The van der Waals surface area contributed by atoms with Crippen LogP contribution in [0.5, 0.6) is 0 Å². The number of hydrogen-bond acceptors (Lipinski definition) is 6. The van der Waals surface area contributed by atoms with Crippen LogP contribution in [-0.2, 0) is 6.54 Å². The molecule has 0 aliphatic rings. The summed E-state index contributed by atoms with van der Waals surface area (Å²) in [5.41, 5.74) is 8.18. The fraction of sp³-hybridized carbons (Fsp3) is 0.400. The molecule has 112 valence electrons. The van der Waals surface area contributed by atoms with Crippen molar-refractivity contribution in [1.29, 1.82) is 0 Å². The highest BCUT2D eigenvalue weighted by Crippen LogP contribution is 2.12. The van der Waals surface area contributed by atoms with Crippen LogP contribution in [0.1, 0.15) is 25.0 Å². The lowest BCUT2D eigenvalue weighted by atomic mass is 10.1. The Morgan fingerprint density at radius 2 is 1.71 bits per heavy atom. The zero-order valence-electron chi connectivity index (χ0n) is 12.8. The summed E-state index contributed by atoms with van der Waals surface area (Å²) in [4.78, 5) is 14.8. The second-order valence-electron chi connectivity index (χ2n) is 4.83. The number of aryl methyl sites for hydroxylation is 1. The summed E-state index contributed by atoms with van der Waals surface area (Å²) in [6.07, 6.45) is 0. The minimum atomic E-state index is 0.235. The van der Waals surface area contributed by atoms with Crippen LogP contribution in [0.3, 0.4) is 0 Å². The molecule has 0 saturated heterocycles. The summed E-state index contributed by atoms with van der Waals surface area (Å²) in [7, 11) is 0. The first-order valence-electron chi connectivity index (χ1n) is 7.18. The Labute approximate surface area is 125 Å². The number of nitrogen functional groups attached to an aromatic ring is 1. The Morgan fingerprint density at radius 3 is 2.33 bits per heavy atom. The molecule has 2 aromatic rings. The maximum atomic E-state index is 5.77. The van der Waals surface area contributed by atoms with Gasteiger partial charge in [-0.05, 0) is 26.3 Å². The number of hydrogen-bond donors (Lipinski definition) is 2. The van der Waals surface area contributed by atoms with E-state index < -0.39 is 0 Å². The van der Waals surface area contributed by atoms with Crippen molar-refractivity contribution in [3.63, 3.8) is 0 Å². The van der Waals surface area contributed by atoms with Gasteiger partial charge in [0.25, 0.3) is 0 Å². The molecular weight excluding hydrogens is 264 g/mol. The Kier molecular flexibility index (Phi) is 4.92. The molecule has 6 heteroatoms. The van der Waals surface area contributed by atoms with E-state index in [-0.39, 0.29) is 5.95 Å². The topological polar surface area (TPSA) is 80.0 Å². The van der Waals surface area contributed by atoms with Crippen LogP contribution in [0.4, 0.5) is 17.8 Å². The molecule has 6 nitrogen and oxygen atoms in total. The largest absolute Gasteiger partial charge is 0.368 e. The molecule has 0 saturated carbocycles. The molecule has 1 aromatic heterocycles. The minimum Gasteiger partial charge on any atom is -0.368 e. The van der Waals surface area contributed by atoms with E-state index in [9.17, 15) is 0 Å². The van der Waals surface area contributed by atoms with Crippen molar-refractivity contribution >= 4 is 17.8 Å². The zero-order valence-corrected chi connectivity index (χ0v) is 12.8. The van der Waals surface area contributed by atoms with E-state index in [4.69, 9.17) is 5.73 Å². The molecule has 0 atom stereocenters. The quantitative estimate of drug-likeness (QED) is 0.847. The lowest BCUT2D eigenvalue weighted by molar-refractivity contribution is 0.814. The molecule has 0 aliphatic heterocycles. The Morgan fingerprint density at radius 1 is 1.05 bits per heavy atom. The molecule has 0 fully saturated rings. The normalized spacial score (nSPS) is 10.4. The molecule has 0 amide bonds. The fourth-order valence-corrected chi connectivity index (χ4v) is 1.99. The molecule has 1 aromatic carbocycles. The molecule has 0 aliphatic carbocycles. The van der Waals surface area contributed by atoms with Gasteiger partial charge in [0.15, 0.2) is 0 Å². The molecule has 0 radical (unpaired) electrons. The second-order valence-corrected chi connectivity index (χ2v) is 4.83. The van der Waals surface area contributed by atoms with Crippen molar-refractivity contribution in [2.24, 2.45) is 0 Å². The van der Waals surface area contributed by atoms with E-state index in [0.717, 1.165) is 13.1 Å². The highest BCUT2D eigenvalue weighted by Gasteiger charge is 2.09. The van der Waals surface area contributed by atoms with Crippen molar-refractivity contribution in [1.82, 2.24) is 15.0 Å². The summed E-state index contributed by atoms with van der Waals surface area (Å²) in [6.45, 7) is 8.50. The summed E-state index contributed by atoms with van der Waals surface area (Å²) < 4.78 is 0. The van der Waals surface area contributed by atoms with Gasteiger partial charge in [-0.25, -0.2) is 0 Å². The molecule has 0 spiro atoms. The molecule has 2 rings (SSSR count). The monoisotopic (exact) mass is 286 g/mol. The van der Waals surface area contributed by atoms with Gasteiger partial charge in [0.2, 0.25) is 17.8 Å². The number of benzene rings is 1. The van der Waals surface area contributed by atoms with Crippen LogP contribution >= 0.6 is 0 Å². The lowest BCUT2D eigenvalue weighted by Gasteiger charge is -2.19. The van der Waals surface area contributed by atoms with Crippen LogP contribution in [0.2, 0.25) is 0 Å². The van der Waals surface area contributed by atoms with Crippen LogP contribution in [0, 0.1) is 6.92 Å². The average molecular weight is 286 g/mol. The fourth-order valence-electron chi connectivity index (χ4n) is 1.99. The highest BCUT2D eigenvalue weighted by atomic mass is 15.3. The van der Waals surface area contributed by atoms with E-state index in [2.05, 4.69) is 65.3 Å². The van der Waals surface area contributed by atoms with Gasteiger partial charge in [0, 0.05) is 19.6 Å². The third kappa shape index (κ3) is 4.05. The standard InChI is InChI=1S/C15H22N6/c1-4-21(5-2)15-19-13(16)18-14(20-15)17-10-12-8-6-11(3)7-9-12/h6-9H,4-5,10H2,1-3H3,(H3,16,17,18,19,20). The first kappa shape index (κ1) is 15.0. The number of nitrogens with one attached hydrogen (secondary N) is 1. The number of aromatic nitrogens is 3. The summed E-state index contributed by atoms with van der Waals surface area (Å²) in [6, 6.07) is 8.33. The van der Waals surface area contributed by atoms with Gasteiger partial charge in [-0.1, -0.05) is 29.8 Å². The summed E-state index contributed by atoms with van der Waals surface area (Å²) in [5, 5.41) is 3.20. The van der Waals surface area contributed by atoms with Gasteiger partial charge >= 0.3 is 0 Å². The highest BCUT2D eigenvalue weighted by molar-refractivity contribution is 5.42. The van der Waals surface area contributed by atoms with Crippen molar-refractivity contribution in [3.8, 4) is 0 Å². The number of anilines is 3.